The summed E-state index contributed by atoms with van der Waals surface area (Å²) in [5.74, 6) is -0.269. The van der Waals surface area contributed by atoms with Crippen LogP contribution >= 0.6 is 11.6 Å². The Kier molecular flexibility index (Phi) is 6.42. The molecule has 0 fully saturated rings. The van der Waals surface area contributed by atoms with E-state index in [0.29, 0.717) is 22.2 Å². The van der Waals surface area contributed by atoms with Crippen LogP contribution in [-0.4, -0.2) is 26.2 Å². The van der Waals surface area contributed by atoms with E-state index in [2.05, 4.69) is 14.8 Å². The number of methoxy groups -OCH3 is 2. The van der Waals surface area contributed by atoms with E-state index < -0.39 is 11.9 Å². The number of hydrogen-bond donors (Lipinski definition) is 1. The first-order chi connectivity index (χ1) is 12.0. The van der Waals surface area contributed by atoms with Crippen LogP contribution in [0.2, 0.25) is 5.02 Å². The molecule has 2 aromatic rings. The molecule has 0 atom stereocenters. The van der Waals surface area contributed by atoms with Crippen LogP contribution in [-0.2, 0) is 19.1 Å². The number of ether oxygens (including phenoxy) is 3. The largest absolute Gasteiger partial charge is 0.466 e. The Hall–Kier alpha value is -2.99. The molecule has 0 amide bonds. The summed E-state index contributed by atoms with van der Waals surface area (Å²) in [5, 5.41) is 3.30. The average molecular weight is 362 g/mol. The SMILES string of the molecule is COC(=O)/C=C(/Nc1ccc(Oc2ccccc2Cl)cc1)C(=O)OC. The zero-order valence-corrected chi connectivity index (χ0v) is 14.4. The number of nitrogens with one attached hydrogen (secondary N) is 1. The Morgan fingerprint density at radius 3 is 2.28 bits per heavy atom. The number of benzene rings is 2. The van der Waals surface area contributed by atoms with Crippen molar-refractivity contribution in [3.05, 3.63) is 65.3 Å². The summed E-state index contributed by atoms with van der Waals surface area (Å²) in [6, 6.07) is 13.9. The molecule has 7 heteroatoms. The molecule has 130 valence electrons. The molecule has 0 saturated carbocycles. The van der Waals surface area contributed by atoms with Crippen molar-refractivity contribution < 1.29 is 23.8 Å². The molecule has 0 aliphatic rings. The summed E-state index contributed by atoms with van der Waals surface area (Å²) < 4.78 is 14.8. The molecule has 0 aliphatic heterocycles. The van der Waals surface area contributed by atoms with Crippen LogP contribution in [0.15, 0.2) is 60.3 Å². The van der Waals surface area contributed by atoms with Gasteiger partial charge in [-0.2, -0.15) is 0 Å². The summed E-state index contributed by atoms with van der Waals surface area (Å²) in [6.45, 7) is 0. The van der Waals surface area contributed by atoms with E-state index in [9.17, 15) is 9.59 Å². The van der Waals surface area contributed by atoms with Crippen molar-refractivity contribution in [2.24, 2.45) is 0 Å². The summed E-state index contributed by atoms with van der Waals surface area (Å²) >= 11 is 6.05. The highest BCUT2D eigenvalue weighted by molar-refractivity contribution is 6.32. The van der Waals surface area contributed by atoms with Crippen molar-refractivity contribution in [3.8, 4) is 11.5 Å². The maximum absolute atomic E-state index is 11.7. The molecule has 1 N–H and O–H groups in total. The predicted octanol–water partition coefficient (Wildman–Crippen LogP) is 3.77. The van der Waals surface area contributed by atoms with E-state index in [1.54, 1.807) is 36.4 Å². The zero-order chi connectivity index (χ0) is 18.2. The van der Waals surface area contributed by atoms with Crippen molar-refractivity contribution >= 4 is 29.2 Å². The summed E-state index contributed by atoms with van der Waals surface area (Å²) in [5.41, 5.74) is 0.515. The van der Waals surface area contributed by atoms with Crippen molar-refractivity contribution in [2.45, 2.75) is 0 Å². The fraction of sp³-hybridized carbons (Fsp3) is 0.111. The molecular weight excluding hydrogens is 346 g/mol. The summed E-state index contributed by atoms with van der Waals surface area (Å²) in [6.07, 6.45) is 1.01. The monoisotopic (exact) mass is 361 g/mol. The van der Waals surface area contributed by atoms with Crippen molar-refractivity contribution in [3.63, 3.8) is 0 Å². The lowest BCUT2D eigenvalue weighted by molar-refractivity contribution is -0.138. The average Bonchev–Trinajstić information content (AvgIpc) is 2.63. The molecule has 0 saturated heterocycles. The van der Waals surface area contributed by atoms with E-state index in [1.165, 1.54) is 14.2 Å². The molecule has 2 rings (SSSR count). The predicted molar refractivity (Wildman–Crippen MR) is 93.7 cm³/mol. The lowest BCUT2D eigenvalue weighted by Crippen LogP contribution is -2.15. The van der Waals surface area contributed by atoms with E-state index in [0.717, 1.165) is 6.08 Å². The highest BCUT2D eigenvalue weighted by Crippen LogP contribution is 2.29. The second kappa shape index (κ2) is 8.75. The highest BCUT2D eigenvalue weighted by atomic mass is 35.5. The third-order valence-corrected chi connectivity index (χ3v) is 3.38. The molecule has 0 heterocycles. The van der Waals surface area contributed by atoms with Gasteiger partial charge in [0, 0.05) is 5.69 Å². The minimum Gasteiger partial charge on any atom is -0.466 e. The number of rotatable bonds is 6. The van der Waals surface area contributed by atoms with Gasteiger partial charge >= 0.3 is 11.9 Å². The van der Waals surface area contributed by atoms with Crippen LogP contribution < -0.4 is 10.1 Å². The van der Waals surface area contributed by atoms with Crippen molar-refractivity contribution in [1.82, 2.24) is 0 Å². The number of para-hydroxylation sites is 1. The second-order valence-corrected chi connectivity index (χ2v) is 5.16. The van der Waals surface area contributed by atoms with Crippen LogP contribution in [0.3, 0.4) is 0 Å². The number of carbonyl (C=O) groups is 2. The van der Waals surface area contributed by atoms with Crippen LogP contribution in [0.4, 0.5) is 5.69 Å². The van der Waals surface area contributed by atoms with Crippen molar-refractivity contribution in [1.29, 1.82) is 0 Å². The second-order valence-electron chi connectivity index (χ2n) is 4.75. The normalized spacial score (nSPS) is 10.8. The molecule has 0 radical (unpaired) electrons. The first-order valence-corrected chi connectivity index (χ1v) is 7.58. The molecule has 2 aromatic carbocycles. The van der Waals surface area contributed by atoms with Gasteiger partial charge in [0.05, 0.1) is 25.3 Å². The molecule has 0 aliphatic carbocycles. The third kappa shape index (κ3) is 5.26. The standard InChI is InChI=1S/C18H16ClNO5/c1-23-17(21)11-15(18(22)24-2)20-12-7-9-13(10-8-12)25-16-6-4-3-5-14(16)19/h3-11,20H,1-2H3/b15-11+. The molecule has 25 heavy (non-hydrogen) atoms. The molecule has 0 aromatic heterocycles. The summed E-state index contributed by atoms with van der Waals surface area (Å²) in [7, 11) is 2.43. The molecule has 0 bridgehead atoms. The number of carbonyl (C=O) groups excluding carboxylic acids is 2. The molecule has 6 nitrogen and oxygen atoms in total. The van der Waals surface area contributed by atoms with E-state index in [-0.39, 0.29) is 5.70 Å². The number of esters is 2. The maximum Gasteiger partial charge on any atom is 0.354 e. The van der Waals surface area contributed by atoms with Gasteiger partial charge in [-0.3, -0.25) is 0 Å². The first kappa shape index (κ1) is 18.4. The van der Waals surface area contributed by atoms with Gasteiger partial charge in [0.1, 0.15) is 17.2 Å². The van der Waals surface area contributed by atoms with Gasteiger partial charge in [0.2, 0.25) is 0 Å². The van der Waals surface area contributed by atoms with Gasteiger partial charge in [0.25, 0.3) is 0 Å². The lowest BCUT2D eigenvalue weighted by atomic mass is 10.2. The van der Waals surface area contributed by atoms with Gasteiger partial charge in [-0.05, 0) is 36.4 Å². The van der Waals surface area contributed by atoms with Crippen LogP contribution in [0.25, 0.3) is 0 Å². The maximum atomic E-state index is 11.7. The Morgan fingerprint density at radius 1 is 1.00 bits per heavy atom. The van der Waals surface area contributed by atoms with Gasteiger partial charge in [-0.1, -0.05) is 23.7 Å². The minimum atomic E-state index is -0.693. The minimum absolute atomic E-state index is 0.0471. The number of hydrogen-bond acceptors (Lipinski definition) is 6. The summed E-state index contributed by atoms with van der Waals surface area (Å²) in [4.78, 5) is 23.1. The Bertz CT molecular complexity index is 786. The molecular formula is C18H16ClNO5. The Labute approximate surface area is 150 Å². The fourth-order valence-electron chi connectivity index (χ4n) is 1.85. The van der Waals surface area contributed by atoms with Gasteiger partial charge in [0.15, 0.2) is 0 Å². The fourth-order valence-corrected chi connectivity index (χ4v) is 2.02. The van der Waals surface area contributed by atoms with E-state index in [1.807, 2.05) is 12.1 Å². The van der Waals surface area contributed by atoms with E-state index in [4.69, 9.17) is 16.3 Å². The van der Waals surface area contributed by atoms with Crippen LogP contribution in [0.1, 0.15) is 0 Å². The van der Waals surface area contributed by atoms with Gasteiger partial charge in [-0.25, -0.2) is 9.59 Å². The van der Waals surface area contributed by atoms with Crippen LogP contribution in [0, 0.1) is 0 Å². The smallest absolute Gasteiger partial charge is 0.354 e. The molecule has 0 unspecified atom stereocenters. The van der Waals surface area contributed by atoms with E-state index >= 15 is 0 Å². The Morgan fingerprint density at radius 2 is 1.68 bits per heavy atom. The zero-order valence-electron chi connectivity index (χ0n) is 13.6. The lowest BCUT2D eigenvalue weighted by Gasteiger charge is -2.11. The first-order valence-electron chi connectivity index (χ1n) is 7.21. The highest BCUT2D eigenvalue weighted by Gasteiger charge is 2.13. The number of anilines is 1. The third-order valence-electron chi connectivity index (χ3n) is 3.07. The van der Waals surface area contributed by atoms with Crippen LogP contribution in [0.5, 0.6) is 11.5 Å². The van der Waals surface area contributed by atoms with Crippen molar-refractivity contribution in [2.75, 3.05) is 19.5 Å². The Balaban J connectivity index is 2.13. The topological polar surface area (TPSA) is 73.9 Å². The van der Waals surface area contributed by atoms with Gasteiger partial charge < -0.3 is 19.5 Å². The van der Waals surface area contributed by atoms with Gasteiger partial charge in [-0.15, -0.1) is 0 Å². The number of halogens is 1. The quantitative estimate of drug-likeness (QED) is 0.623. The molecule has 0 spiro atoms.